The summed E-state index contributed by atoms with van der Waals surface area (Å²) in [6.45, 7) is 0. The summed E-state index contributed by atoms with van der Waals surface area (Å²) in [5, 5.41) is 9.40. The molecule has 2 aromatic carbocycles. The molecule has 2 aromatic heterocycles. The van der Waals surface area contributed by atoms with E-state index in [2.05, 4.69) is 10.2 Å². The van der Waals surface area contributed by atoms with Gasteiger partial charge in [0.1, 0.15) is 0 Å². The van der Waals surface area contributed by atoms with Gasteiger partial charge in [-0.25, -0.2) is 4.40 Å². The van der Waals surface area contributed by atoms with Gasteiger partial charge < -0.3 is 0 Å². The lowest BCUT2D eigenvalue weighted by Gasteiger charge is -1.99. The Balaban J connectivity index is 1.93. The molecular weight excluding hydrogens is 365 g/mol. The summed E-state index contributed by atoms with van der Waals surface area (Å²) in [6, 6.07) is 14.5. The van der Waals surface area contributed by atoms with Crippen LogP contribution in [0.3, 0.4) is 0 Å². The number of halogens is 2. The molecule has 0 atom stereocenters. The highest BCUT2D eigenvalue weighted by atomic mass is 35.5. The molecule has 24 heavy (non-hydrogen) atoms. The molecule has 0 fully saturated rings. The van der Waals surface area contributed by atoms with Crippen LogP contribution in [0.1, 0.15) is 5.56 Å². The van der Waals surface area contributed by atoms with Crippen LogP contribution in [0.15, 0.2) is 53.3 Å². The number of thiazole rings is 1. The van der Waals surface area contributed by atoms with Crippen molar-refractivity contribution in [3.8, 4) is 11.4 Å². The first-order valence-electron chi connectivity index (χ1n) is 7.03. The van der Waals surface area contributed by atoms with E-state index in [9.17, 15) is 4.79 Å². The molecule has 0 bridgehead atoms. The van der Waals surface area contributed by atoms with Gasteiger partial charge in [0, 0.05) is 10.6 Å². The molecule has 4 rings (SSSR count). The van der Waals surface area contributed by atoms with Gasteiger partial charge in [-0.3, -0.25) is 4.79 Å². The van der Waals surface area contributed by atoms with Gasteiger partial charge in [0.2, 0.25) is 4.96 Å². The zero-order valence-corrected chi connectivity index (χ0v) is 14.4. The number of hydrogen-bond acceptors (Lipinski definition) is 4. The van der Waals surface area contributed by atoms with Gasteiger partial charge in [-0.2, -0.15) is 0 Å². The fraction of sp³-hybridized carbons (Fsp3) is 0. The van der Waals surface area contributed by atoms with E-state index in [1.165, 1.54) is 15.7 Å². The minimum atomic E-state index is -0.162. The third kappa shape index (κ3) is 2.60. The first kappa shape index (κ1) is 15.3. The highest BCUT2D eigenvalue weighted by molar-refractivity contribution is 7.15. The van der Waals surface area contributed by atoms with E-state index in [1.807, 2.05) is 36.4 Å². The summed E-state index contributed by atoms with van der Waals surface area (Å²) >= 11 is 13.4. The molecule has 0 aliphatic carbocycles. The Morgan fingerprint density at radius 1 is 1.00 bits per heavy atom. The van der Waals surface area contributed by atoms with Gasteiger partial charge in [-0.1, -0.05) is 58.8 Å². The van der Waals surface area contributed by atoms with Crippen molar-refractivity contribution in [2.75, 3.05) is 0 Å². The molecule has 0 spiro atoms. The highest BCUT2D eigenvalue weighted by Gasteiger charge is 2.15. The SMILES string of the molecule is O=c1/c(=C\c2ccc(Cl)cc2)sc2nnc(-c3ccccc3Cl)n12. The van der Waals surface area contributed by atoms with Crippen LogP contribution >= 0.6 is 34.5 Å². The number of aromatic nitrogens is 3. The van der Waals surface area contributed by atoms with Crippen molar-refractivity contribution >= 4 is 45.6 Å². The van der Waals surface area contributed by atoms with Crippen LogP contribution in [-0.4, -0.2) is 14.6 Å². The van der Waals surface area contributed by atoms with Crippen molar-refractivity contribution in [1.82, 2.24) is 14.6 Å². The molecule has 7 heteroatoms. The van der Waals surface area contributed by atoms with Gasteiger partial charge in [0.25, 0.3) is 5.56 Å². The van der Waals surface area contributed by atoms with Crippen LogP contribution in [0, 0.1) is 0 Å². The fourth-order valence-electron chi connectivity index (χ4n) is 2.39. The molecule has 0 amide bonds. The smallest absolute Gasteiger partial charge is 0.267 e. The van der Waals surface area contributed by atoms with Crippen molar-refractivity contribution < 1.29 is 0 Å². The van der Waals surface area contributed by atoms with E-state index < -0.39 is 0 Å². The minimum absolute atomic E-state index is 0.162. The van der Waals surface area contributed by atoms with Crippen molar-refractivity contribution in [2.24, 2.45) is 0 Å². The van der Waals surface area contributed by atoms with Crippen molar-refractivity contribution in [3.63, 3.8) is 0 Å². The molecule has 0 unspecified atom stereocenters. The molecule has 0 aliphatic rings. The molecular formula is C17H9Cl2N3OS. The van der Waals surface area contributed by atoms with Gasteiger partial charge in [-0.15, -0.1) is 10.2 Å². The molecule has 0 aliphatic heterocycles. The van der Waals surface area contributed by atoms with E-state index >= 15 is 0 Å². The fourth-order valence-corrected chi connectivity index (χ4v) is 3.65. The summed E-state index contributed by atoms with van der Waals surface area (Å²) in [7, 11) is 0. The van der Waals surface area contributed by atoms with E-state index in [0.717, 1.165) is 5.56 Å². The minimum Gasteiger partial charge on any atom is -0.267 e. The normalized spacial score (nSPS) is 12.2. The molecule has 2 heterocycles. The monoisotopic (exact) mass is 373 g/mol. The molecule has 118 valence electrons. The number of fused-ring (bicyclic) bond motifs is 1. The number of rotatable bonds is 2. The predicted octanol–water partition coefficient (Wildman–Crippen LogP) is 3.67. The predicted molar refractivity (Wildman–Crippen MR) is 97.8 cm³/mol. The number of hydrogen-bond donors (Lipinski definition) is 0. The first-order valence-corrected chi connectivity index (χ1v) is 8.61. The molecule has 0 N–H and O–H groups in total. The van der Waals surface area contributed by atoms with Gasteiger partial charge >= 0.3 is 0 Å². The summed E-state index contributed by atoms with van der Waals surface area (Å²) in [5.74, 6) is 0.451. The van der Waals surface area contributed by atoms with Crippen LogP contribution in [0.4, 0.5) is 0 Å². The Kier molecular flexibility index (Phi) is 3.84. The third-order valence-corrected chi connectivity index (χ3v) is 5.07. The van der Waals surface area contributed by atoms with Gasteiger partial charge in [0.05, 0.1) is 9.55 Å². The Morgan fingerprint density at radius 3 is 2.50 bits per heavy atom. The van der Waals surface area contributed by atoms with E-state index in [4.69, 9.17) is 23.2 Å². The Bertz CT molecular complexity index is 1150. The quantitative estimate of drug-likeness (QED) is 0.538. The molecule has 0 saturated carbocycles. The Morgan fingerprint density at radius 2 is 1.75 bits per heavy atom. The van der Waals surface area contributed by atoms with E-state index in [1.54, 1.807) is 18.2 Å². The Hall–Kier alpha value is -2.21. The van der Waals surface area contributed by atoms with E-state index in [0.29, 0.717) is 30.9 Å². The number of nitrogens with zero attached hydrogens (tertiary/aromatic N) is 3. The maximum Gasteiger partial charge on any atom is 0.276 e. The van der Waals surface area contributed by atoms with E-state index in [-0.39, 0.29) is 5.56 Å². The molecule has 4 aromatic rings. The van der Waals surface area contributed by atoms with Gasteiger partial charge in [0.15, 0.2) is 5.82 Å². The Labute approximate surface area is 150 Å². The molecule has 4 nitrogen and oxygen atoms in total. The lowest BCUT2D eigenvalue weighted by atomic mass is 10.2. The summed E-state index contributed by atoms with van der Waals surface area (Å²) in [5.41, 5.74) is 1.41. The maximum atomic E-state index is 12.8. The zero-order chi connectivity index (χ0) is 16.7. The maximum absolute atomic E-state index is 12.8. The zero-order valence-electron chi connectivity index (χ0n) is 12.1. The van der Waals surface area contributed by atoms with Crippen LogP contribution in [-0.2, 0) is 0 Å². The van der Waals surface area contributed by atoms with Crippen LogP contribution in [0.2, 0.25) is 10.0 Å². The second-order valence-electron chi connectivity index (χ2n) is 5.09. The first-order chi connectivity index (χ1) is 11.6. The second-order valence-corrected chi connectivity index (χ2v) is 6.94. The lowest BCUT2D eigenvalue weighted by molar-refractivity contribution is 1.09. The van der Waals surface area contributed by atoms with Crippen molar-refractivity contribution in [3.05, 3.63) is 79.0 Å². The summed E-state index contributed by atoms with van der Waals surface area (Å²) < 4.78 is 2.07. The van der Waals surface area contributed by atoms with Crippen LogP contribution in [0.25, 0.3) is 22.4 Å². The lowest BCUT2D eigenvalue weighted by Crippen LogP contribution is -2.23. The average molecular weight is 374 g/mol. The summed E-state index contributed by atoms with van der Waals surface area (Å²) in [4.78, 5) is 13.3. The van der Waals surface area contributed by atoms with Gasteiger partial charge in [-0.05, 0) is 35.9 Å². The third-order valence-electron chi connectivity index (χ3n) is 3.53. The van der Waals surface area contributed by atoms with Crippen LogP contribution in [0.5, 0.6) is 0 Å². The van der Waals surface area contributed by atoms with Crippen molar-refractivity contribution in [1.29, 1.82) is 0 Å². The standard InChI is InChI=1S/C17H9Cl2N3OS/c18-11-7-5-10(6-8-11)9-14-16(23)22-15(20-21-17(22)24-14)12-3-1-2-4-13(12)19/h1-9H/b14-9+. The highest BCUT2D eigenvalue weighted by Crippen LogP contribution is 2.25. The van der Waals surface area contributed by atoms with Crippen LogP contribution < -0.4 is 10.1 Å². The molecule has 0 radical (unpaired) electrons. The summed E-state index contributed by atoms with van der Waals surface area (Å²) in [6.07, 6.45) is 1.81. The average Bonchev–Trinajstić information content (AvgIpc) is 3.11. The number of benzene rings is 2. The largest absolute Gasteiger partial charge is 0.276 e. The van der Waals surface area contributed by atoms with Crippen molar-refractivity contribution in [2.45, 2.75) is 0 Å². The second kappa shape index (κ2) is 6.02. The topological polar surface area (TPSA) is 47.3 Å². The molecule has 0 saturated heterocycles.